The predicted molar refractivity (Wildman–Crippen MR) is 159 cm³/mol. The molecule has 7 rings (SSSR count). The lowest BCUT2D eigenvalue weighted by Gasteiger charge is -2.69. The molecule has 5 aliphatic carbocycles. The number of benzene rings is 1. The zero-order chi connectivity index (χ0) is 32.1. The van der Waals surface area contributed by atoms with Crippen molar-refractivity contribution < 1.29 is 48.2 Å². The number of esters is 2. The Morgan fingerprint density at radius 3 is 2.36 bits per heavy atom. The van der Waals surface area contributed by atoms with E-state index in [0.717, 1.165) is 19.4 Å². The topological polar surface area (TPSA) is 133 Å². The van der Waals surface area contributed by atoms with Gasteiger partial charge in [0.25, 0.3) is 0 Å². The Kier molecular flexibility index (Phi) is 7.48. The first-order chi connectivity index (χ1) is 21.6. The average molecular weight is 630 g/mol. The van der Waals surface area contributed by atoms with Crippen LogP contribution in [0.15, 0.2) is 30.3 Å². The van der Waals surface area contributed by atoms with Crippen LogP contribution in [0.4, 0.5) is 0 Å². The molecule has 1 aromatic rings. The smallest absolute Gasteiger partial charge is 0.338 e. The number of hydrogen-bond acceptors (Lipinski definition) is 11. The summed E-state index contributed by atoms with van der Waals surface area (Å²) in [5, 5.41) is 25.3. The van der Waals surface area contributed by atoms with E-state index in [-0.39, 0.29) is 35.8 Å². The van der Waals surface area contributed by atoms with Gasteiger partial charge in [-0.2, -0.15) is 0 Å². The van der Waals surface area contributed by atoms with E-state index in [1.165, 1.54) is 14.0 Å². The normalized spacial score (nSPS) is 49.1. The highest BCUT2D eigenvalue weighted by Crippen LogP contribution is 2.80. The molecule has 3 unspecified atom stereocenters. The number of piperidine rings is 1. The molecule has 1 spiro atoms. The van der Waals surface area contributed by atoms with Gasteiger partial charge in [0.1, 0.15) is 23.9 Å². The summed E-state index contributed by atoms with van der Waals surface area (Å²) in [7, 11) is 6.59. The molecule has 1 heterocycles. The molecular weight excluding hydrogens is 582 g/mol. The van der Waals surface area contributed by atoms with Gasteiger partial charge in [-0.25, -0.2) is 4.79 Å². The van der Waals surface area contributed by atoms with Crippen LogP contribution >= 0.6 is 0 Å². The van der Waals surface area contributed by atoms with E-state index in [4.69, 9.17) is 28.4 Å². The minimum absolute atomic E-state index is 0.101. The number of nitrogens with zero attached hydrogens (tertiary/aromatic N) is 1. The Morgan fingerprint density at radius 1 is 1.02 bits per heavy atom. The van der Waals surface area contributed by atoms with E-state index in [1.807, 2.05) is 6.07 Å². The van der Waals surface area contributed by atoms with Gasteiger partial charge < -0.3 is 38.6 Å². The summed E-state index contributed by atoms with van der Waals surface area (Å²) in [4.78, 5) is 29.4. The lowest BCUT2D eigenvalue weighted by molar-refractivity contribution is -0.317. The van der Waals surface area contributed by atoms with Crippen molar-refractivity contribution in [2.45, 2.75) is 80.9 Å². The number of likely N-dealkylation sites (tertiary alicyclic amines) is 1. The Hall–Kier alpha value is -2.12. The SMILES string of the molecule is CCN1C[C@]2(COC)CC[C@H](OC)C34C1C([C@H](OC)[C@@H]32)[C@]1(OC(C)=O)[C@@H]2[C@H]4C[C@](O)([C@@H]2OC(=O)c2ccccc2)[C@@H](OC)[C@@H]1O. The van der Waals surface area contributed by atoms with Crippen LogP contribution in [0.2, 0.25) is 0 Å². The van der Waals surface area contributed by atoms with Crippen LogP contribution in [0.3, 0.4) is 0 Å². The second-order valence-electron chi connectivity index (χ2n) is 14.3. The van der Waals surface area contributed by atoms with E-state index in [0.29, 0.717) is 18.7 Å². The fourth-order valence-corrected chi connectivity index (χ4v) is 12.4. The molecule has 7 bridgehead atoms. The van der Waals surface area contributed by atoms with Crippen LogP contribution in [0.1, 0.15) is 43.5 Å². The van der Waals surface area contributed by atoms with Gasteiger partial charge in [0.15, 0.2) is 5.60 Å². The Balaban J connectivity index is 1.52. The van der Waals surface area contributed by atoms with Gasteiger partial charge in [0.05, 0.1) is 24.4 Å². The molecule has 11 nitrogen and oxygen atoms in total. The van der Waals surface area contributed by atoms with Crippen molar-refractivity contribution in [1.82, 2.24) is 4.90 Å². The van der Waals surface area contributed by atoms with Crippen LogP contribution < -0.4 is 0 Å². The molecule has 0 amide bonds. The largest absolute Gasteiger partial charge is 0.455 e. The van der Waals surface area contributed by atoms with Crippen molar-refractivity contribution in [2.75, 3.05) is 48.1 Å². The van der Waals surface area contributed by atoms with E-state index < -0.39 is 64.8 Å². The molecule has 2 N–H and O–H groups in total. The van der Waals surface area contributed by atoms with Gasteiger partial charge in [0.2, 0.25) is 0 Å². The number of ether oxygens (including phenoxy) is 6. The first-order valence-electron chi connectivity index (χ1n) is 16.2. The zero-order valence-corrected chi connectivity index (χ0v) is 27.0. The van der Waals surface area contributed by atoms with Crippen molar-refractivity contribution in [3.8, 4) is 0 Å². The summed E-state index contributed by atoms with van der Waals surface area (Å²) in [6, 6.07) is 8.42. The van der Waals surface area contributed by atoms with E-state index >= 15 is 0 Å². The number of hydrogen-bond donors (Lipinski definition) is 2. The molecule has 1 aromatic carbocycles. The third-order valence-electron chi connectivity index (χ3n) is 13.0. The molecule has 6 fully saturated rings. The minimum atomic E-state index is -1.76. The molecule has 0 radical (unpaired) electrons. The van der Waals surface area contributed by atoms with Gasteiger partial charge in [-0.3, -0.25) is 9.69 Å². The number of carbonyl (C=O) groups excluding carboxylic acids is 2. The van der Waals surface area contributed by atoms with Crippen LogP contribution in [0.25, 0.3) is 0 Å². The van der Waals surface area contributed by atoms with Crippen molar-refractivity contribution >= 4 is 11.9 Å². The molecule has 1 saturated heterocycles. The second-order valence-corrected chi connectivity index (χ2v) is 14.3. The third kappa shape index (κ3) is 3.66. The molecular formula is C34H47NO10. The molecule has 248 valence electrons. The maximum atomic E-state index is 13.7. The quantitative estimate of drug-likeness (QED) is 0.387. The first-order valence-corrected chi connectivity index (χ1v) is 16.2. The summed E-state index contributed by atoms with van der Waals surface area (Å²) in [5.41, 5.74) is -3.92. The lowest BCUT2D eigenvalue weighted by atomic mass is 9.43. The number of methoxy groups -OCH3 is 4. The van der Waals surface area contributed by atoms with Gasteiger partial charge in [-0.1, -0.05) is 25.1 Å². The van der Waals surface area contributed by atoms with E-state index in [1.54, 1.807) is 45.6 Å². The number of carbonyl (C=O) groups is 2. The summed E-state index contributed by atoms with van der Waals surface area (Å²) >= 11 is 0. The standard InChI is InChI=1S/C34H47NO10/c1-7-35-16-31(17-40-3)14-13-21(41-4)33-20-15-32(39)28(44-30(38)19-11-9-8-10-12-19)22(20)34(45-18(2)36,27(37)29(32)43-6)23(26(33)35)24(42-5)25(31)33/h8-12,20-29,37,39H,7,13-17H2,1-6H3/t20-,21+,22-,23?,24+,25-,26?,27+,28-,29+,31+,32+,33?,34-/m1/s1. The molecule has 1 aliphatic heterocycles. The van der Waals surface area contributed by atoms with Crippen molar-refractivity contribution in [1.29, 1.82) is 0 Å². The Labute approximate surface area is 264 Å². The number of aliphatic hydroxyl groups is 2. The summed E-state index contributed by atoms with van der Waals surface area (Å²) in [6.07, 6.45) is -2.64. The van der Waals surface area contributed by atoms with Crippen LogP contribution in [-0.2, 0) is 33.2 Å². The van der Waals surface area contributed by atoms with E-state index in [9.17, 15) is 19.8 Å². The second kappa shape index (κ2) is 10.7. The fourth-order valence-electron chi connectivity index (χ4n) is 12.4. The minimum Gasteiger partial charge on any atom is -0.455 e. The zero-order valence-electron chi connectivity index (χ0n) is 27.0. The van der Waals surface area contributed by atoms with Crippen LogP contribution in [-0.4, -0.2) is 123 Å². The summed E-state index contributed by atoms with van der Waals surface area (Å²) < 4.78 is 37.7. The van der Waals surface area contributed by atoms with Crippen molar-refractivity contribution in [3.63, 3.8) is 0 Å². The summed E-state index contributed by atoms with van der Waals surface area (Å²) in [5.74, 6) is -2.95. The maximum Gasteiger partial charge on any atom is 0.338 e. The van der Waals surface area contributed by atoms with E-state index in [2.05, 4.69) is 11.8 Å². The summed E-state index contributed by atoms with van der Waals surface area (Å²) in [6.45, 7) is 5.44. The van der Waals surface area contributed by atoms with Gasteiger partial charge in [-0.05, 0) is 43.9 Å². The third-order valence-corrected chi connectivity index (χ3v) is 13.0. The number of fused-ring (bicyclic) bond motifs is 2. The highest BCUT2D eigenvalue weighted by atomic mass is 16.6. The van der Waals surface area contributed by atoms with Crippen LogP contribution in [0.5, 0.6) is 0 Å². The Bertz CT molecular complexity index is 1330. The highest BCUT2D eigenvalue weighted by molar-refractivity contribution is 5.89. The molecule has 11 heteroatoms. The van der Waals surface area contributed by atoms with Gasteiger partial charge in [0, 0.05) is 76.5 Å². The average Bonchev–Trinajstić information content (AvgIpc) is 3.40. The number of aliphatic hydroxyl groups excluding tert-OH is 1. The predicted octanol–water partition coefficient (Wildman–Crippen LogP) is 1.68. The molecule has 45 heavy (non-hydrogen) atoms. The molecule has 0 aromatic heterocycles. The molecule has 6 aliphatic rings. The first kappa shape index (κ1) is 31.5. The van der Waals surface area contributed by atoms with Crippen molar-refractivity contribution in [3.05, 3.63) is 35.9 Å². The van der Waals surface area contributed by atoms with Gasteiger partial charge in [-0.15, -0.1) is 0 Å². The fraction of sp³-hybridized carbons (Fsp3) is 0.765. The highest BCUT2D eigenvalue weighted by Gasteiger charge is 2.91. The molecule has 5 saturated carbocycles. The number of rotatable bonds is 9. The van der Waals surface area contributed by atoms with Crippen LogP contribution in [0, 0.1) is 34.5 Å². The lowest BCUT2D eigenvalue weighted by Crippen LogP contribution is -2.80. The van der Waals surface area contributed by atoms with Crippen molar-refractivity contribution in [2.24, 2.45) is 34.5 Å². The van der Waals surface area contributed by atoms with Gasteiger partial charge >= 0.3 is 11.9 Å². The monoisotopic (exact) mass is 629 g/mol. The Morgan fingerprint density at radius 2 is 1.76 bits per heavy atom. The maximum absolute atomic E-state index is 13.7. The molecule has 14 atom stereocenters.